The molecule has 2 unspecified atom stereocenters. The van der Waals surface area contributed by atoms with E-state index in [1.165, 1.54) is 51.7 Å². The van der Waals surface area contributed by atoms with Crippen molar-refractivity contribution in [2.24, 2.45) is 5.73 Å². The maximum atomic E-state index is 5.94. The van der Waals surface area contributed by atoms with Crippen LogP contribution in [0.3, 0.4) is 0 Å². The van der Waals surface area contributed by atoms with Crippen molar-refractivity contribution in [3.05, 3.63) is 0 Å². The van der Waals surface area contributed by atoms with Crippen LogP contribution in [-0.2, 0) is 0 Å². The van der Waals surface area contributed by atoms with E-state index in [1.807, 2.05) is 0 Å². The second-order valence-electron chi connectivity index (χ2n) is 5.56. The van der Waals surface area contributed by atoms with Gasteiger partial charge < -0.3 is 10.6 Å². The van der Waals surface area contributed by atoms with Gasteiger partial charge in [-0.05, 0) is 20.4 Å². The number of nitrogens with zero attached hydrogens (tertiary/aromatic N) is 2. The lowest BCUT2D eigenvalue weighted by molar-refractivity contribution is 0.0703. The molecule has 0 amide bonds. The second kappa shape index (κ2) is 8.06. The predicted octanol–water partition coefficient (Wildman–Crippen LogP) is 1.92. The van der Waals surface area contributed by atoms with Crippen molar-refractivity contribution in [1.82, 2.24) is 9.80 Å². The highest BCUT2D eigenvalue weighted by molar-refractivity contribution is 4.82. The van der Waals surface area contributed by atoms with E-state index < -0.39 is 0 Å². The highest BCUT2D eigenvalue weighted by atomic mass is 15.3. The molecule has 0 bridgehead atoms. The summed E-state index contributed by atoms with van der Waals surface area (Å²) in [7, 11) is 2.22. The van der Waals surface area contributed by atoms with E-state index in [4.69, 9.17) is 5.73 Å². The summed E-state index contributed by atoms with van der Waals surface area (Å²) >= 11 is 0. The first kappa shape index (κ1) is 14.9. The summed E-state index contributed by atoms with van der Waals surface area (Å²) in [5.41, 5.74) is 5.94. The Morgan fingerprint density at radius 1 is 1.24 bits per heavy atom. The number of nitrogens with two attached hydrogens (primary N) is 1. The number of hydrogen-bond acceptors (Lipinski definition) is 3. The third kappa shape index (κ3) is 4.94. The Hall–Kier alpha value is -0.120. The summed E-state index contributed by atoms with van der Waals surface area (Å²) in [6, 6.07) is 1.29. The first-order valence-corrected chi connectivity index (χ1v) is 7.33. The minimum Gasteiger partial charge on any atom is -0.329 e. The van der Waals surface area contributed by atoms with Crippen molar-refractivity contribution in [2.75, 3.05) is 33.2 Å². The molecule has 0 aliphatic carbocycles. The lowest BCUT2D eigenvalue weighted by atomic mass is 10.0. The van der Waals surface area contributed by atoms with Gasteiger partial charge in [-0.25, -0.2) is 0 Å². The van der Waals surface area contributed by atoms with Crippen molar-refractivity contribution < 1.29 is 0 Å². The van der Waals surface area contributed by atoms with Crippen LogP contribution < -0.4 is 5.73 Å². The molecule has 2 N–H and O–H groups in total. The molecular weight excluding hydrogens is 210 g/mol. The van der Waals surface area contributed by atoms with E-state index in [0.717, 1.165) is 6.54 Å². The number of unbranched alkanes of at least 4 members (excludes halogenated alkanes) is 3. The SMILES string of the molecule is CCCCCCC(CN)N1CCN(C)C(C)C1. The third-order valence-electron chi connectivity index (χ3n) is 4.17. The number of rotatable bonds is 7. The molecule has 1 rings (SSSR count). The Bertz CT molecular complexity index is 196. The van der Waals surface area contributed by atoms with E-state index >= 15 is 0 Å². The van der Waals surface area contributed by atoms with Gasteiger partial charge in [0.15, 0.2) is 0 Å². The van der Waals surface area contributed by atoms with Gasteiger partial charge in [0, 0.05) is 38.3 Å². The van der Waals surface area contributed by atoms with E-state index in [0.29, 0.717) is 12.1 Å². The van der Waals surface area contributed by atoms with Crippen LogP contribution >= 0.6 is 0 Å². The normalized spacial score (nSPS) is 25.1. The molecule has 0 aromatic rings. The lowest BCUT2D eigenvalue weighted by Crippen LogP contribution is -2.55. The standard InChI is InChI=1S/C14H31N3/c1-4-5-6-7-8-14(11-15)17-10-9-16(3)13(2)12-17/h13-14H,4-12,15H2,1-3H3. The second-order valence-corrected chi connectivity index (χ2v) is 5.56. The first-order chi connectivity index (χ1) is 8.19. The Labute approximate surface area is 107 Å². The summed E-state index contributed by atoms with van der Waals surface area (Å²) in [4.78, 5) is 5.05. The molecule has 17 heavy (non-hydrogen) atoms. The van der Waals surface area contributed by atoms with Gasteiger partial charge in [-0.1, -0.05) is 32.6 Å². The van der Waals surface area contributed by atoms with Crippen molar-refractivity contribution >= 4 is 0 Å². The van der Waals surface area contributed by atoms with Crippen LogP contribution in [0.1, 0.15) is 46.0 Å². The maximum absolute atomic E-state index is 5.94. The van der Waals surface area contributed by atoms with Crippen molar-refractivity contribution in [2.45, 2.75) is 58.0 Å². The fourth-order valence-electron chi connectivity index (χ4n) is 2.66. The smallest absolute Gasteiger partial charge is 0.0219 e. The highest BCUT2D eigenvalue weighted by Crippen LogP contribution is 2.15. The van der Waals surface area contributed by atoms with Crippen LogP contribution in [0.15, 0.2) is 0 Å². The topological polar surface area (TPSA) is 32.5 Å². The average molecular weight is 241 g/mol. The molecule has 0 aromatic heterocycles. The average Bonchev–Trinajstić information content (AvgIpc) is 2.33. The van der Waals surface area contributed by atoms with E-state index in [1.54, 1.807) is 0 Å². The summed E-state index contributed by atoms with van der Waals surface area (Å²) in [5.74, 6) is 0. The van der Waals surface area contributed by atoms with Crippen molar-refractivity contribution in [1.29, 1.82) is 0 Å². The van der Waals surface area contributed by atoms with E-state index in [9.17, 15) is 0 Å². The van der Waals surface area contributed by atoms with Crippen LogP contribution in [0.4, 0.5) is 0 Å². The molecule has 0 radical (unpaired) electrons. The Balaban J connectivity index is 2.29. The fourth-order valence-corrected chi connectivity index (χ4v) is 2.66. The van der Waals surface area contributed by atoms with Gasteiger partial charge >= 0.3 is 0 Å². The van der Waals surface area contributed by atoms with Crippen LogP contribution in [0, 0.1) is 0 Å². The summed E-state index contributed by atoms with van der Waals surface area (Å²) in [6.07, 6.45) is 6.69. The van der Waals surface area contributed by atoms with Crippen LogP contribution in [0.2, 0.25) is 0 Å². The highest BCUT2D eigenvalue weighted by Gasteiger charge is 2.25. The lowest BCUT2D eigenvalue weighted by Gasteiger charge is -2.41. The quantitative estimate of drug-likeness (QED) is 0.691. The molecule has 2 atom stereocenters. The van der Waals surface area contributed by atoms with Gasteiger partial charge in [0.2, 0.25) is 0 Å². The van der Waals surface area contributed by atoms with Gasteiger partial charge in [0.1, 0.15) is 0 Å². The fraction of sp³-hybridized carbons (Fsp3) is 1.00. The molecule has 3 nitrogen and oxygen atoms in total. The summed E-state index contributed by atoms with van der Waals surface area (Å²) < 4.78 is 0. The monoisotopic (exact) mass is 241 g/mol. The van der Waals surface area contributed by atoms with Gasteiger partial charge in [-0.3, -0.25) is 4.90 Å². The minimum atomic E-state index is 0.614. The molecular formula is C14H31N3. The maximum Gasteiger partial charge on any atom is 0.0219 e. The number of piperazine rings is 1. The molecule has 3 heteroatoms. The molecule has 1 aliphatic rings. The van der Waals surface area contributed by atoms with Gasteiger partial charge in [0.05, 0.1) is 0 Å². The molecule has 1 aliphatic heterocycles. The summed E-state index contributed by atoms with van der Waals surface area (Å²) in [6.45, 7) is 8.97. The van der Waals surface area contributed by atoms with Crippen molar-refractivity contribution in [3.8, 4) is 0 Å². The van der Waals surface area contributed by atoms with Crippen LogP contribution in [0.5, 0.6) is 0 Å². The van der Waals surface area contributed by atoms with E-state index in [2.05, 4.69) is 30.7 Å². The zero-order chi connectivity index (χ0) is 12.7. The van der Waals surface area contributed by atoms with E-state index in [-0.39, 0.29) is 0 Å². The van der Waals surface area contributed by atoms with Gasteiger partial charge in [0.25, 0.3) is 0 Å². The Morgan fingerprint density at radius 3 is 2.59 bits per heavy atom. The molecule has 0 spiro atoms. The third-order valence-corrected chi connectivity index (χ3v) is 4.17. The molecule has 1 heterocycles. The molecule has 1 fully saturated rings. The van der Waals surface area contributed by atoms with Crippen LogP contribution in [0.25, 0.3) is 0 Å². The molecule has 0 aromatic carbocycles. The zero-order valence-corrected chi connectivity index (χ0v) is 12.0. The predicted molar refractivity (Wildman–Crippen MR) is 75.3 cm³/mol. The molecule has 102 valence electrons. The Morgan fingerprint density at radius 2 is 2.00 bits per heavy atom. The van der Waals surface area contributed by atoms with Gasteiger partial charge in [-0.15, -0.1) is 0 Å². The summed E-state index contributed by atoms with van der Waals surface area (Å²) in [5, 5.41) is 0. The minimum absolute atomic E-state index is 0.614. The Kier molecular flexibility index (Phi) is 7.09. The molecule has 1 saturated heterocycles. The van der Waals surface area contributed by atoms with Crippen LogP contribution in [-0.4, -0.2) is 55.1 Å². The molecule has 0 saturated carbocycles. The largest absolute Gasteiger partial charge is 0.329 e. The van der Waals surface area contributed by atoms with Crippen molar-refractivity contribution in [3.63, 3.8) is 0 Å². The first-order valence-electron chi connectivity index (χ1n) is 7.33. The zero-order valence-electron chi connectivity index (χ0n) is 12.0. The number of hydrogen-bond donors (Lipinski definition) is 1. The van der Waals surface area contributed by atoms with Gasteiger partial charge in [-0.2, -0.15) is 0 Å². The number of likely N-dealkylation sites (N-methyl/N-ethyl adjacent to an activating group) is 1.